The quantitative estimate of drug-likeness (QED) is 0.277. The standard InChI is InChI=1S/C31H37ClFN3O5S/c1-6-26(30(38)34-31(3,4)5)35(20-22-12-16-24(33)17-13-22)29(37)21-36(27-10-8-9-11-28(27)41-7-2)42(39,40)25-18-14-23(32)15-19-25/h8-19,26H,6-7,20-21H2,1-5H3,(H,34,38)/t26-/m0/s1. The van der Waals surface area contributed by atoms with Crippen LogP contribution in [0.25, 0.3) is 0 Å². The van der Waals surface area contributed by atoms with Crippen LogP contribution in [0.15, 0.2) is 77.7 Å². The zero-order valence-corrected chi connectivity index (χ0v) is 26.0. The first kappa shape index (κ1) is 32.9. The van der Waals surface area contributed by atoms with E-state index in [0.29, 0.717) is 10.6 Å². The molecule has 0 heterocycles. The molecule has 11 heteroatoms. The molecule has 0 saturated heterocycles. The van der Waals surface area contributed by atoms with E-state index in [1.165, 1.54) is 53.4 Å². The van der Waals surface area contributed by atoms with Gasteiger partial charge in [-0.2, -0.15) is 0 Å². The lowest BCUT2D eigenvalue weighted by atomic mass is 10.1. The van der Waals surface area contributed by atoms with E-state index < -0.39 is 39.9 Å². The van der Waals surface area contributed by atoms with E-state index in [2.05, 4.69) is 5.32 Å². The molecule has 3 rings (SSSR count). The van der Waals surface area contributed by atoms with Gasteiger partial charge in [-0.05, 0) is 88.2 Å². The van der Waals surface area contributed by atoms with Gasteiger partial charge in [0.2, 0.25) is 11.8 Å². The minimum atomic E-state index is -4.30. The van der Waals surface area contributed by atoms with Crippen molar-refractivity contribution in [2.24, 2.45) is 0 Å². The summed E-state index contributed by atoms with van der Waals surface area (Å²) in [5.41, 5.74) is 0.167. The van der Waals surface area contributed by atoms with Gasteiger partial charge in [-0.15, -0.1) is 0 Å². The van der Waals surface area contributed by atoms with Crippen LogP contribution in [-0.2, 0) is 26.2 Å². The van der Waals surface area contributed by atoms with Gasteiger partial charge in [-0.25, -0.2) is 12.8 Å². The number of ether oxygens (including phenoxy) is 1. The largest absolute Gasteiger partial charge is 0.492 e. The summed E-state index contributed by atoms with van der Waals surface area (Å²) in [6.07, 6.45) is 0.258. The van der Waals surface area contributed by atoms with Crippen molar-refractivity contribution in [3.63, 3.8) is 0 Å². The van der Waals surface area contributed by atoms with E-state index >= 15 is 0 Å². The molecule has 0 fully saturated rings. The Bertz CT molecular complexity index is 1480. The van der Waals surface area contributed by atoms with Crippen molar-refractivity contribution in [2.75, 3.05) is 17.5 Å². The second kappa shape index (κ2) is 14.0. The van der Waals surface area contributed by atoms with Gasteiger partial charge in [-0.3, -0.25) is 13.9 Å². The number of sulfonamides is 1. The Morgan fingerprint density at radius 3 is 2.17 bits per heavy atom. The third kappa shape index (κ3) is 8.45. The fourth-order valence-electron chi connectivity index (χ4n) is 4.35. The Balaban J connectivity index is 2.12. The lowest BCUT2D eigenvalue weighted by Crippen LogP contribution is -2.55. The molecule has 226 valence electrons. The maximum Gasteiger partial charge on any atom is 0.264 e. The number of hydrogen-bond acceptors (Lipinski definition) is 5. The van der Waals surface area contributed by atoms with Gasteiger partial charge in [0.25, 0.3) is 10.0 Å². The molecule has 0 saturated carbocycles. The van der Waals surface area contributed by atoms with Crippen molar-refractivity contribution in [1.82, 2.24) is 10.2 Å². The van der Waals surface area contributed by atoms with Crippen LogP contribution in [0.4, 0.5) is 10.1 Å². The molecule has 0 aliphatic heterocycles. The van der Waals surface area contributed by atoms with E-state index in [1.807, 2.05) is 20.8 Å². The molecule has 0 aliphatic carbocycles. The second-order valence-corrected chi connectivity index (χ2v) is 13.0. The van der Waals surface area contributed by atoms with Gasteiger partial charge in [0.15, 0.2) is 0 Å². The predicted octanol–water partition coefficient (Wildman–Crippen LogP) is 5.80. The van der Waals surface area contributed by atoms with Crippen LogP contribution in [0.3, 0.4) is 0 Å². The van der Waals surface area contributed by atoms with Crippen LogP contribution in [0.1, 0.15) is 46.6 Å². The van der Waals surface area contributed by atoms with Crippen LogP contribution in [0, 0.1) is 5.82 Å². The number of anilines is 1. The van der Waals surface area contributed by atoms with Gasteiger partial charge in [-0.1, -0.05) is 42.8 Å². The molecule has 0 aliphatic rings. The molecule has 0 bridgehead atoms. The summed E-state index contributed by atoms with van der Waals surface area (Å²) in [6.45, 7) is 8.61. The van der Waals surface area contributed by atoms with Crippen molar-refractivity contribution in [3.8, 4) is 5.75 Å². The van der Waals surface area contributed by atoms with Crippen LogP contribution in [-0.4, -0.2) is 49.9 Å². The lowest BCUT2D eigenvalue weighted by molar-refractivity contribution is -0.141. The van der Waals surface area contributed by atoms with Gasteiger partial charge in [0.1, 0.15) is 24.2 Å². The number of benzene rings is 3. The number of nitrogens with one attached hydrogen (secondary N) is 1. The Hall–Kier alpha value is -3.63. The summed E-state index contributed by atoms with van der Waals surface area (Å²) in [6, 6.07) is 16.8. The molecular formula is C31H37ClFN3O5S. The Labute approximate surface area is 252 Å². The maximum atomic E-state index is 14.2. The SMILES string of the molecule is CCOc1ccccc1N(CC(=O)N(Cc1ccc(F)cc1)[C@@H](CC)C(=O)NC(C)(C)C)S(=O)(=O)c1ccc(Cl)cc1. The Kier molecular flexibility index (Phi) is 11.0. The number of carbonyl (C=O) groups excluding carboxylic acids is 2. The maximum absolute atomic E-state index is 14.2. The topological polar surface area (TPSA) is 96.0 Å². The predicted molar refractivity (Wildman–Crippen MR) is 163 cm³/mol. The van der Waals surface area contributed by atoms with Crippen LogP contribution < -0.4 is 14.4 Å². The van der Waals surface area contributed by atoms with Gasteiger partial charge >= 0.3 is 0 Å². The minimum Gasteiger partial charge on any atom is -0.492 e. The van der Waals surface area contributed by atoms with Gasteiger partial charge in [0, 0.05) is 17.1 Å². The zero-order chi connectivity index (χ0) is 31.1. The average molecular weight is 618 g/mol. The number of rotatable bonds is 12. The molecular weight excluding hydrogens is 581 g/mol. The summed E-state index contributed by atoms with van der Waals surface area (Å²) in [5.74, 6) is -1.18. The number of carbonyl (C=O) groups is 2. The summed E-state index contributed by atoms with van der Waals surface area (Å²) >= 11 is 6.01. The fourth-order valence-corrected chi connectivity index (χ4v) is 5.90. The first-order valence-electron chi connectivity index (χ1n) is 13.6. The normalized spacial score (nSPS) is 12.4. The number of para-hydroxylation sites is 2. The number of halogens is 2. The van der Waals surface area contributed by atoms with E-state index in [4.69, 9.17) is 16.3 Å². The number of nitrogens with zero attached hydrogens (tertiary/aromatic N) is 2. The first-order valence-corrected chi connectivity index (χ1v) is 15.4. The molecule has 2 amide bonds. The smallest absolute Gasteiger partial charge is 0.264 e. The highest BCUT2D eigenvalue weighted by Crippen LogP contribution is 2.33. The van der Waals surface area contributed by atoms with Crippen molar-refractivity contribution in [2.45, 2.75) is 64.1 Å². The number of amides is 2. The minimum absolute atomic E-state index is 0.0445. The van der Waals surface area contributed by atoms with E-state index in [1.54, 1.807) is 38.1 Å². The van der Waals surface area contributed by atoms with Crippen molar-refractivity contribution >= 4 is 39.1 Å². The summed E-state index contributed by atoms with van der Waals surface area (Å²) in [5, 5.41) is 3.27. The van der Waals surface area contributed by atoms with Gasteiger partial charge < -0.3 is 15.0 Å². The zero-order valence-electron chi connectivity index (χ0n) is 24.4. The van der Waals surface area contributed by atoms with Crippen molar-refractivity contribution in [3.05, 3.63) is 89.2 Å². The van der Waals surface area contributed by atoms with E-state index in [-0.39, 0.29) is 41.8 Å². The summed E-state index contributed by atoms with van der Waals surface area (Å²) < 4.78 is 48.5. The highest BCUT2D eigenvalue weighted by Gasteiger charge is 2.35. The highest BCUT2D eigenvalue weighted by atomic mass is 35.5. The molecule has 3 aromatic carbocycles. The van der Waals surface area contributed by atoms with Crippen LogP contribution in [0.5, 0.6) is 5.75 Å². The monoisotopic (exact) mass is 617 g/mol. The van der Waals surface area contributed by atoms with E-state index in [0.717, 1.165) is 4.31 Å². The first-order chi connectivity index (χ1) is 19.8. The van der Waals surface area contributed by atoms with E-state index in [9.17, 15) is 22.4 Å². The molecule has 3 aromatic rings. The lowest BCUT2D eigenvalue weighted by Gasteiger charge is -2.35. The Morgan fingerprint density at radius 1 is 0.976 bits per heavy atom. The average Bonchev–Trinajstić information content (AvgIpc) is 2.92. The molecule has 0 spiro atoms. The molecule has 0 radical (unpaired) electrons. The van der Waals surface area contributed by atoms with Crippen LogP contribution >= 0.6 is 11.6 Å². The highest BCUT2D eigenvalue weighted by molar-refractivity contribution is 7.92. The third-order valence-electron chi connectivity index (χ3n) is 6.26. The number of hydrogen-bond donors (Lipinski definition) is 1. The molecule has 0 unspecified atom stereocenters. The van der Waals surface area contributed by atoms with Crippen LogP contribution in [0.2, 0.25) is 5.02 Å². The Morgan fingerprint density at radius 2 is 1.60 bits per heavy atom. The third-order valence-corrected chi connectivity index (χ3v) is 8.29. The molecule has 1 N–H and O–H groups in total. The fraction of sp³-hybridized carbons (Fsp3) is 0.355. The molecule has 42 heavy (non-hydrogen) atoms. The molecule has 0 aromatic heterocycles. The van der Waals surface area contributed by atoms with Crippen molar-refractivity contribution < 1.29 is 27.1 Å². The van der Waals surface area contributed by atoms with Gasteiger partial charge in [0.05, 0.1) is 17.2 Å². The summed E-state index contributed by atoms with van der Waals surface area (Å²) in [4.78, 5) is 28.8. The molecule has 8 nitrogen and oxygen atoms in total. The van der Waals surface area contributed by atoms with Crippen molar-refractivity contribution in [1.29, 1.82) is 0 Å². The molecule has 1 atom stereocenters. The second-order valence-electron chi connectivity index (χ2n) is 10.7. The summed E-state index contributed by atoms with van der Waals surface area (Å²) in [7, 11) is -4.30.